The fraction of sp³-hybridized carbons (Fsp3) is 0.440. The van der Waals surface area contributed by atoms with E-state index in [0.29, 0.717) is 18.7 Å². The average molecular weight is 494 g/mol. The Bertz CT molecular complexity index is 1380. The molecule has 0 saturated carbocycles. The molecule has 1 aliphatic carbocycles. The van der Waals surface area contributed by atoms with Gasteiger partial charge in [-0.25, -0.2) is 9.97 Å². The highest BCUT2D eigenvalue weighted by molar-refractivity contribution is 7.19. The summed E-state index contributed by atoms with van der Waals surface area (Å²) in [6.45, 7) is 3.99. The number of nitrogens with one attached hydrogen (secondary N) is 1. The van der Waals surface area contributed by atoms with E-state index >= 15 is 0 Å². The molecule has 0 atom stereocenters. The molecule has 0 radical (unpaired) electrons. The Kier molecular flexibility index (Phi) is 5.92. The van der Waals surface area contributed by atoms with Crippen molar-refractivity contribution in [1.29, 1.82) is 0 Å². The second-order valence-corrected chi connectivity index (χ2v) is 11.3. The summed E-state index contributed by atoms with van der Waals surface area (Å²) in [6.07, 6.45) is 5.20. The number of piperazine rings is 1. The Hall–Kier alpha value is -2.62. The molecule has 2 aliphatic rings. The zero-order valence-corrected chi connectivity index (χ0v) is 20.6. The number of thiazole rings is 1. The molecule has 7 nitrogen and oxygen atoms in total. The van der Waals surface area contributed by atoms with E-state index in [1.54, 1.807) is 22.7 Å². The molecule has 0 bridgehead atoms. The number of hydrogen-bond donors (Lipinski definition) is 1. The summed E-state index contributed by atoms with van der Waals surface area (Å²) in [7, 11) is 0. The molecule has 0 spiro atoms. The smallest absolute Gasteiger partial charge is 0.259 e. The van der Waals surface area contributed by atoms with Crippen molar-refractivity contribution in [2.75, 3.05) is 26.2 Å². The average Bonchev–Trinajstić information content (AvgIpc) is 3.43. The summed E-state index contributed by atoms with van der Waals surface area (Å²) in [5.41, 5.74) is 2.21. The van der Waals surface area contributed by atoms with Gasteiger partial charge in [0.05, 0.1) is 22.1 Å². The van der Waals surface area contributed by atoms with Gasteiger partial charge in [-0.2, -0.15) is 0 Å². The van der Waals surface area contributed by atoms with Gasteiger partial charge in [-0.05, 0) is 43.4 Å². The monoisotopic (exact) mass is 493 g/mol. The number of aromatic amines is 1. The van der Waals surface area contributed by atoms with E-state index in [2.05, 4.69) is 22.0 Å². The first-order valence-corrected chi connectivity index (χ1v) is 13.7. The first-order valence-electron chi connectivity index (χ1n) is 12.0. The van der Waals surface area contributed by atoms with Crippen LogP contribution in [0.1, 0.15) is 40.5 Å². The summed E-state index contributed by atoms with van der Waals surface area (Å²) < 4.78 is 1.22. The number of carbonyl (C=O) groups excluding carboxylic acids is 1. The quantitative estimate of drug-likeness (QED) is 0.458. The number of H-pyrrole nitrogens is 1. The van der Waals surface area contributed by atoms with E-state index in [1.165, 1.54) is 21.6 Å². The summed E-state index contributed by atoms with van der Waals surface area (Å²) in [6, 6.07) is 8.23. The van der Waals surface area contributed by atoms with Crippen LogP contribution in [0.3, 0.4) is 0 Å². The first-order chi connectivity index (χ1) is 16.6. The van der Waals surface area contributed by atoms with Crippen molar-refractivity contribution in [3.8, 4) is 0 Å². The lowest BCUT2D eigenvalue weighted by Crippen LogP contribution is -2.48. The minimum Gasteiger partial charge on any atom is -0.340 e. The molecule has 1 saturated heterocycles. The number of para-hydroxylation sites is 1. The van der Waals surface area contributed by atoms with Gasteiger partial charge in [-0.1, -0.05) is 12.1 Å². The van der Waals surface area contributed by atoms with Crippen LogP contribution in [-0.4, -0.2) is 56.8 Å². The lowest BCUT2D eigenvalue weighted by molar-refractivity contribution is -0.133. The van der Waals surface area contributed by atoms with Crippen LogP contribution < -0.4 is 5.56 Å². The Balaban J connectivity index is 1.04. The molecular formula is C25H27N5O2S2. The molecule has 1 aromatic carbocycles. The highest BCUT2D eigenvalue weighted by atomic mass is 32.1. The molecule has 6 rings (SSSR count). The van der Waals surface area contributed by atoms with Crippen molar-refractivity contribution in [1.82, 2.24) is 24.8 Å². The van der Waals surface area contributed by atoms with Gasteiger partial charge >= 0.3 is 0 Å². The molecule has 1 N–H and O–H groups in total. The summed E-state index contributed by atoms with van der Waals surface area (Å²) >= 11 is 3.40. The molecule has 9 heteroatoms. The fourth-order valence-corrected chi connectivity index (χ4v) is 7.34. The van der Waals surface area contributed by atoms with Crippen molar-refractivity contribution in [3.05, 3.63) is 55.9 Å². The molecule has 1 amide bonds. The van der Waals surface area contributed by atoms with Gasteiger partial charge in [0, 0.05) is 43.9 Å². The lowest BCUT2D eigenvalue weighted by Gasteiger charge is -2.34. The molecule has 176 valence electrons. The number of amides is 1. The van der Waals surface area contributed by atoms with Crippen molar-refractivity contribution in [3.63, 3.8) is 0 Å². The molecule has 3 aromatic heterocycles. The molecule has 1 aliphatic heterocycles. The first kappa shape index (κ1) is 21.9. The molecule has 0 unspecified atom stereocenters. The predicted molar refractivity (Wildman–Crippen MR) is 137 cm³/mol. The maximum atomic E-state index is 12.8. The number of carbonyl (C=O) groups is 1. The third-order valence-electron chi connectivity index (χ3n) is 6.87. The topological polar surface area (TPSA) is 82.2 Å². The third kappa shape index (κ3) is 4.28. The Morgan fingerprint density at radius 2 is 1.85 bits per heavy atom. The van der Waals surface area contributed by atoms with Crippen LogP contribution in [0.4, 0.5) is 0 Å². The van der Waals surface area contributed by atoms with Crippen molar-refractivity contribution < 1.29 is 4.79 Å². The Morgan fingerprint density at radius 1 is 1.03 bits per heavy atom. The maximum absolute atomic E-state index is 12.8. The van der Waals surface area contributed by atoms with Gasteiger partial charge in [-0.3, -0.25) is 14.5 Å². The van der Waals surface area contributed by atoms with Crippen LogP contribution in [0.25, 0.3) is 20.4 Å². The van der Waals surface area contributed by atoms with E-state index in [-0.39, 0.29) is 11.5 Å². The summed E-state index contributed by atoms with van der Waals surface area (Å²) in [4.78, 5) is 44.4. The second-order valence-electron chi connectivity index (χ2n) is 9.14. The van der Waals surface area contributed by atoms with Crippen LogP contribution in [0.2, 0.25) is 0 Å². The number of rotatable bonds is 5. The van der Waals surface area contributed by atoms with Crippen molar-refractivity contribution in [2.24, 2.45) is 0 Å². The van der Waals surface area contributed by atoms with E-state index in [4.69, 9.17) is 9.97 Å². The largest absolute Gasteiger partial charge is 0.340 e. The minimum atomic E-state index is -0.0460. The van der Waals surface area contributed by atoms with Crippen LogP contribution in [0.15, 0.2) is 29.1 Å². The van der Waals surface area contributed by atoms with E-state index in [1.807, 2.05) is 17.0 Å². The number of fused-ring (bicyclic) bond motifs is 4. The zero-order valence-electron chi connectivity index (χ0n) is 19.0. The lowest BCUT2D eigenvalue weighted by atomic mass is 9.97. The highest BCUT2D eigenvalue weighted by Gasteiger charge is 2.23. The normalized spacial score (nSPS) is 16.9. The van der Waals surface area contributed by atoms with Crippen LogP contribution in [0.5, 0.6) is 0 Å². The van der Waals surface area contributed by atoms with Crippen LogP contribution in [-0.2, 0) is 30.6 Å². The Morgan fingerprint density at radius 3 is 2.71 bits per heavy atom. The van der Waals surface area contributed by atoms with Gasteiger partial charge in [0.2, 0.25) is 5.91 Å². The Labute approximate surface area is 205 Å². The van der Waals surface area contributed by atoms with Gasteiger partial charge in [0.15, 0.2) is 0 Å². The third-order valence-corrected chi connectivity index (χ3v) is 9.08. The number of thiophene rings is 1. The van der Waals surface area contributed by atoms with E-state index in [0.717, 1.165) is 72.7 Å². The molecule has 4 aromatic rings. The molecule has 1 fully saturated rings. The van der Waals surface area contributed by atoms with Gasteiger partial charge < -0.3 is 9.88 Å². The molecule has 4 heterocycles. The van der Waals surface area contributed by atoms with Crippen LogP contribution >= 0.6 is 22.7 Å². The maximum Gasteiger partial charge on any atom is 0.259 e. The summed E-state index contributed by atoms with van der Waals surface area (Å²) in [5.74, 6) is 0.756. The number of hydrogen-bond acceptors (Lipinski definition) is 7. The van der Waals surface area contributed by atoms with Gasteiger partial charge in [0.1, 0.15) is 15.7 Å². The second kappa shape index (κ2) is 9.20. The molecular weight excluding hydrogens is 466 g/mol. The molecule has 34 heavy (non-hydrogen) atoms. The number of nitrogens with zero attached hydrogens (tertiary/aromatic N) is 4. The van der Waals surface area contributed by atoms with E-state index in [9.17, 15) is 9.59 Å². The van der Waals surface area contributed by atoms with Gasteiger partial charge in [0.25, 0.3) is 5.56 Å². The highest BCUT2D eigenvalue weighted by Crippen LogP contribution is 2.33. The minimum absolute atomic E-state index is 0.0460. The summed E-state index contributed by atoms with van der Waals surface area (Å²) in [5, 5.41) is 1.90. The fourth-order valence-electron chi connectivity index (χ4n) is 5.04. The predicted octanol–water partition coefficient (Wildman–Crippen LogP) is 3.75. The number of aryl methyl sites for hydroxylation is 3. The standard InChI is InChI=1S/C25H27N5O2S2/c31-22(10-9-20-27-24(32)23-16-5-1-3-7-18(16)34-25(23)28-20)30-13-11-29(12-14-30)15-21-26-17-6-2-4-8-19(17)33-21/h2,4,6,8H,1,3,5,7,9-15H2,(H,27,28,32). The van der Waals surface area contributed by atoms with Crippen LogP contribution in [0, 0.1) is 0 Å². The number of benzene rings is 1. The SMILES string of the molecule is O=C(CCc1nc2sc3c(c2c(=O)[nH]1)CCCC3)N1CCN(Cc2nc3ccccc3s2)CC1. The van der Waals surface area contributed by atoms with E-state index < -0.39 is 0 Å². The number of aromatic nitrogens is 3. The van der Waals surface area contributed by atoms with Crippen molar-refractivity contribution in [2.45, 2.75) is 45.1 Å². The zero-order chi connectivity index (χ0) is 23.1. The van der Waals surface area contributed by atoms with Gasteiger partial charge in [-0.15, -0.1) is 22.7 Å². The van der Waals surface area contributed by atoms with Crippen molar-refractivity contribution >= 4 is 49.0 Å².